The van der Waals surface area contributed by atoms with Crippen molar-refractivity contribution in [2.75, 3.05) is 9.80 Å². The van der Waals surface area contributed by atoms with E-state index in [9.17, 15) is 0 Å². The van der Waals surface area contributed by atoms with Gasteiger partial charge in [-0.3, -0.25) is 0 Å². The average molecular weight is 799 g/mol. The molecule has 0 heterocycles. The van der Waals surface area contributed by atoms with Crippen LogP contribution < -0.4 is 9.80 Å². The van der Waals surface area contributed by atoms with Crippen LogP contribution >= 0.6 is 0 Å². The van der Waals surface area contributed by atoms with Gasteiger partial charge in [0.1, 0.15) is 0 Å². The first kappa shape index (κ1) is 31.7. The van der Waals surface area contributed by atoms with Crippen LogP contribution in [0, 0.1) is 0 Å². The minimum atomic E-state index is -0.511. The van der Waals surface area contributed by atoms with Crippen molar-refractivity contribution in [1.29, 1.82) is 0 Å². The van der Waals surface area contributed by atoms with Crippen LogP contribution in [-0.4, -0.2) is 0 Å². The summed E-state index contributed by atoms with van der Waals surface area (Å²) in [7, 11) is 0. The maximum atomic E-state index is 8.19. The Bertz CT molecular complexity index is 3260. The molecule has 0 atom stereocenters. The lowest BCUT2D eigenvalue weighted by Crippen LogP contribution is -2.10. The van der Waals surface area contributed by atoms with Crippen molar-refractivity contribution in [2.45, 2.75) is 0 Å². The van der Waals surface area contributed by atoms with Crippen molar-refractivity contribution >= 4 is 67.8 Å². The zero-order valence-corrected chi connectivity index (χ0v) is 33.8. The maximum Gasteiger partial charge on any atom is 0.0623 e. The van der Waals surface area contributed by atoms with Gasteiger partial charge in [-0.15, -0.1) is 0 Å². The summed E-state index contributed by atoms with van der Waals surface area (Å²) in [6.07, 6.45) is 0. The fourth-order valence-corrected chi connectivity index (χ4v) is 8.43. The van der Waals surface area contributed by atoms with Gasteiger partial charge in [0.15, 0.2) is 0 Å². The van der Waals surface area contributed by atoms with Crippen molar-refractivity contribution in [1.82, 2.24) is 0 Å². The van der Waals surface area contributed by atoms with E-state index >= 15 is 0 Å². The van der Waals surface area contributed by atoms with Crippen molar-refractivity contribution < 1.29 is 8.22 Å². The molecular formula is C60H44N2. The third-order valence-corrected chi connectivity index (χ3v) is 11.5. The fraction of sp³-hybridized carbons (Fsp3) is 0. The Morgan fingerprint density at radius 2 is 0.645 bits per heavy atom. The van der Waals surface area contributed by atoms with Crippen molar-refractivity contribution in [3.05, 3.63) is 255 Å². The van der Waals surface area contributed by atoms with Crippen LogP contribution in [0.2, 0.25) is 0 Å². The number of rotatable bonds is 11. The lowest BCUT2D eigenvalue weighted by molar-refractivity contribution is 1.29. The van der Waals surface area contributed by atoms with Crippen LogP contribution in [0.4, 0.5) is 34.1 Å². The van der Waals surface area contributed by atoms with E-state index in [1.165, 1.54) is 0 Å². The summed E-state index contributed by atoms with van der Waals surface area (Å²) in [6, 6.07) is 78.5. The van der Waals surface area contributed by atoms with Gasteiger partial charge in [-0.25, -0.2) is 0 Å². The molecule has 2 heteroatoms. The van der Waals surface area contributed by atoms with Gasteiger partial charge in [0.05, 0.1) is 19.6 Å². The second-order valence-corrected chi connectivity index (χ2v) is 15.3. The average Bonchev–Trinajstić information content (AvgIpc) is 3.39. The normalized spacial score (nSPS) is 12.3. The summed E-state index contributed by atoms with van der Waals surface area (Å²) in [5.41, 5.74) is 13.1. The van der Waals surface area contributed by atoms with Crippen molar-refractivity contribution in [3.63, 3.8) is 0 Å². The van der Waals surface area contributed by atoms with Crippen LogP contribution in [0.3, 0.4) is 0 Å². The smallest absolute Gasteiger partial charge is 0.0623 e. The SMILES string of the molecule is [2H]C([2H])=C([2H])c1cccc(-c2ccc(N(c3ccc(-c4ccc(N(c5ccc(-c6cccc(C([2H])=C([2H])[2H])c6)cc5)c5cccc6ccccc56)cc4)cc3)c3cccc4ccccc34)cc2)c1. The highest BCUT2D eigenvalue weighted by atomic mass is 15.1. The van der Waals surface area contributed by atoms with Crippen LogP contribution in [0.15, 0.2) is 244 Å². The third-order valence-electron chi connectivity index (χ3n) is 11.5. The van der Waals surface area contributed by atoms with E-state index in [0.29, 0.717) is 11.1 Å². The summed E-state index contributed by atoms with van der Waals surface area (Å²) in [5.74, 6) is 0. The lowest BCUT2D eigenvalue weighted by Gasteiger charge is -2.28. The van der Waals surface area contributed by atoms with E-state index in [1.807, 2.05) is 36.4 Å². The predicted octanol–water partition coefficient (Wildman–Crippen LogP) is 17.2. The fourth-order valence-electron chi connectivity index (χ4n) is 8.43. The lowest BCUT2D eigenvalue weighted by atomic mass is 10.0. The van der Waals surface area contributed by atoms with Crippen molar-refractivity contribution in [2.24, 2.45) is 0 Å². The van der Waals surface area contributed by atoms with E-state index in [1.54, 1.807) is 12.1 Å². The Balaban J connectivity index is 0.987. The number of hydrogen-bond acceptors (Lipinski definition) is 2. The molecule has 0 aliphatic rings. The first-order chi connectivity index (χ1) is 33.2. The molecule has 294 valence electrons. The number of fused-ring (bicyclic) bond motifs is 2. The molecule has 62 heavy (non-hydrogen) atoms. The molecule has 0 radical (unpaired) electrons. The molecule has 2 nitrogen and oxygen atoms in total. The highest BCUT2D eigenvalue weighted by Crippen LogP contribution is 2.42. The molecule has 0 saturated heterocycles. The monoisotopic (exact) mass is 798 g/mol. The first-order valence-corrected chi connectivity index (χ1v) is 20.7. The summed E-state index contributed by atoms with van der Waals surface area (Å²) in [6.45, 7) is -1.02. The summed E-state index contributed by atoms with van der Waals surface area (Å²) >= 11 is 0. The Morgan fingerprint density at radius 1 is 0.323 bits per heavy atom. The third kappa shape index (κ3) is 7.47. The largest absolute Gasteiger partial charge is 0.310 e. The van der Waals surface area contributed by atoms with Gasteiger partial charge in [-0.05, 0) is 128 Å². The van der Waals surface area contributed by atoms with Gasteiger partial charge in [-0.1, -0.05) is 183 Å². The quantitative estimate of drug-likeness (QED) is 0.129. The molecule has 0 unspecified atom stereocenters. The number of nitrogens with zero attached hydrogens (tertiary/aromatic N) is 2. The van der Waals surface area contributed by atoms with Gasteiger partial charge in [0, 0.05) is 33.5 Å². The standard InChI is InChI=1S/C60H44N2/c1-3-43-13-9-19-51(41-43)47-29-37-55(38-30-47)61(59-23-11-17-49-15-5-7-21-57(49)59)53-33-25-45(26-34-53)46-27-35-54(36-28-46)62(60-24-12-18-50-16-6-8-22-58(50)60)56-39-31-48(32-40-56)52-20-10-14-44(4-2)42-52/h3-42H,1-2H2/i1D2,2D2,3D,4D. The number of anilines is 6. The molecule has 0 N–H and O–H groups in total. The van der Waals surface area contributed by atoms with E-state index in [4.69, 9.17) is 8.22 Å². The second kappa shape index (κ2) is 16.8. The van der Waals surface area contributed by atoms with Gasteiger partial charge in [0.2, 0.25) is 0 Å². The molecule has 0 bridgehead atoms. The van der Waals surface area contributed by atoms with E-state index in [-0.39, 0.29) is 12.1 Å². The molecule has 0 aliphatic heterocycles. The van der Waals surface area contributed by atoms with E-state index in [2.05, 4.69) is 192 Å². The zero-order valence-electron chi connectivity index (χ0n) is 39.8. The minimum absolute atomic E-state index is 0.107. The van der Waals surface area contributed by atoms with E-state index in [0.717, 1.165) is 89.0 Å². The maximum absolute atomic E-state index is 8.19. The van der Waals surface area contributed by atoms with Crippen molar-refractivity contribution in [3.8, 4) is 33.4 Å². The van der Waals surface area contributed by atoms with Gasteiger partial charge in [-0.2, -0.15) is 0 Å². The Kier molecular flexibility index (Phi) is 8.59. The van der Waals surface area contributed by atoms with Crippen LogP contribution in [0.5, 0.6) is 0 Å². The molecule has 0 aliphatic carbocycles. The zero-order chi connectivity index (χ0) is 46.7. The Labute approximate surface area is 372 Å². The van der Waals surface area contributed by atoms with Crippen LogP contribution in [-0.2, 0) is 0 Å². The van der Waals surface area contributed by atoms with Gasteiger partial charge < -0.3 is 9.80 Å². The predicted molar refractivity (Wildman–Crippen MR) is 267 cm³/mol. The molecule has 10 rings (SSSR count). The minimum Gasteiger partial charge on any atom is -0.310 e. The molecule has 10 aromatic carbocycles. The molecular weight excluding hydrogens is 749 g/mol. The molecule has 0 amide bonds. The molecule has 10 aromatic rings. The van der Waals surface area contributed by atoms with Gasteiger partial charge in [0.25, 0.3) is 0 Å². The Morgan fingerprint density at radius 3 is 1.02 bits per heavy atom. The second-order valence-electron chi connectivity index (χ2n) is 15.3. The summed E-state index contributed by atoms with van der Waals surface area (Å²) in [5, 5.41) is 4.55. The Hall–Kier alpha value is -8.20. The molecule has 0 saturated carbocycles. The molecule has 0 aromatic heterocycles. The van der Waals surface area contributed by atoms with E-state index < -0.39 is 13.1 Å². The molecule has 0 spiro atoms. The molecule has 0 fully saturated rings. The summed E-state index contributed by atoms with van der Waals surface area (Å²) in [4.78, 5) is 4.57. The first-order valence-electron chi connectivity index (χ1n) is 23.7. The van der Waals surface area contributed by atoms with Crippen LogP contribution in [0.1, 0.15) is 19.4 Å². The summed E-state index contributed by atoms with van der Waals surface area (Å²) < 4.78 is 47.0. The number of hydrogen-bond donors (Lipinski definition) is 0. The highest BCUT2D eigenvalue weighted by Gasteiger charge is 2.18. The van der Waals surface area contributed by atoms with Crippen LogP contribution in [0.25, 0.3) is 67.0 Å². The topological polar surface area (TPSA) is 6.48 Å². The van der Waals surface area contributed by atoms with Gasteiger partial charge >= 0.3 is 0 Å². The highest BCUT2D eigenvalue weighted by molar-refractivity contribution is 6.00. The number of benzene rings is 10.